The highest BCUT2D eigenvalue weighted by molar-refractivity contribution is 5.12. The molecule has 0 bridgehead atoms. The van der Waals surface area contributed by atoms with Crippen molar-refractivity contribution in [3.63, 3.8) is 0 Å². The SMILES string of the molecule is OC1CCc2cnc(C3CCCOC3)n2C1. The average molecular weight is 222 g/mol. The maximum Gasteiger partial charge on any atom is 0.114 e. The second-order valence-electron chi connectivity index (χ2n) is 4.82. The van der Waals surface area contributed by atoms with E-state index in [1.165, 1.54) is 5.69 Å². The highest BCUT2D eigenvalue weighted by atomic mass is 16.5. The molecule has 2 unspecified atom stereocenters. The fourth-order valence-corrected chi connectivity index (χ4v) is 2.72. The monoisotopic (exact) mass is 222 g/mol. The number of aryl methyl sites for hydroxylation is 1. The lowest BCUT2D eigenvalue weighted by Crippen LogP contribution is -2.27. The first-order valence-corrected chi connectivity index (χ1v) is 6.14. The molecular weight excluding hydrogens is 204 g/mol. The molecule has 3 heterocycles. The molecule has 2 aliphatic heterocycles. The molecule has 0 spiro atoms. The van der Waals surface area contributed by atoms with Gasteiger partial charge in [-0.05, 0) is 25.7 Å². The maximum atomic E-state index is 9.72. The summed E-state index contributed by atoms with van der Waals surface area (Å²) in [5.74, 6) is 1.54. The van der Waals surface area contributed by atoms with Crippen LogP contribution in [0.3, 0.4) is 0 Å². The fourth-order valence-electron chi connectivity index (χ4n) is 2.72. The first-order chi connectivity index (χ1) is 7.84. The van der Waals surface area contributed by atoms with E-state index in [2.05, 4.69) is 9.55 Å². The van der Waals surface area contributed by atoms with Gasteiger partial charge in [0.25, 0.3) is 0 Å². The van der Waals surface area contributed by atoms with Crippen LogP contribution in [0.4, 0.5) is 0 Å². The van der Waals surface area contributed by atoms with Gasteiger partial charge in [-0.15, -0.1) is 0 Å². The van der Waals surface area contributed by atoms with Crippen LogP contribution in [-0.4, -0.2) is 34.0 Å². The van der Waals surface area contributed by atoms with Crippen molar-refractivity contribution >= 4 is 0 Å². The van der Waals surface area contributed by atoms with Crippen LogP contribution in [0.2, 0.25) is 0 Å². The first kappa shape index (κ1) is 10.3. The van der Waals surface area contributed by atoms with Gasteiger partial charge in [-0.2, -0.15) is 0 Å². The Morgan fingerprint density at radius 3 is 3.19 bits per heavy atom. The Hall–Kier alpha value is -0.870. The van der Waals surface area contributed by atoms with Crippen molar-refractivity contribution in [2.24, 2.45) is 0 Å². The van der Waals surface area contributed by atoms with E-state index in [0.717, 1.165) is 44.7 Å². The maximum absolute atomic E-state index is 9.72. The van der Waals surface area contributed by atoms with Gasteiger partial charge in [0.1, 0.15) is 5.82 Å². The lowest BCUT2D eigenvalue weighted by molar-refractivity contribution is 0.0742. The third kappa shape index (κ3) is 1.76. The number of hydrogen-bond acceptors (Lipinski definition) is 3. The Labute approximate surface area is 95.3 Å². The summed E-state index contributed by atoms with van der Waals surface area (Å²) in [6.07, 6.45) is 5.86. The number of fused-ring (bicyclic) bond motifs is 1. The van der Waals surface area contributed by atoms with Crippen molar-refractivity contribution in [1.82, 2.24) is 9.55 Å². The van der Waals surface area contributed by atoms with Gasteiger partial charge in [0.05, 0.1) is 19.3 Å². The van der Waals surface area contributed by atoms with E-state index in [1.54, 1.807) is 0 Å². The molecule has 1 saturated heterocycles. The van der Waals surface area contributed by atoms with Crippen LogP contribution < -0.4 is 0 Å². The van der Waals surface area contributed by atoms with E-state index in [9.17, 15) is 5.11 Å². The van der Waals surface area contributed by atoms with Crippen molar-refractivity contribution in [1.29, 1.82) is 0 Å². The molecule has 0 aromatic carbocycles. The zero-order valence-electron chi connectivity index (χ0n) is 9.43. The third-order valence-corrected chi connectivity index (χ3v) is 3.62. The molecule has 0 amide bonds. The molecule has 3 rings (SSSR count). The van der Waals surface area contributed by atoms with E-state index in [1.807, 2.05) is 6.20 Å². The normalized spacial score (nSPS) is 30.1. The van der Waals surface area contributed by atoms with Crippen LogP contribution in [0.1, 0.15) is 36.7 Å². The van der Waals surface area contributed by atoms with Crippen molar-refractivity contribution in [2.45, 2.75) is 44.2 Å². The highest BCUT2D eigenvalue weighted by Crippen LogP contribution is 2.27. The summed E-state index contributed by atoms with van der Waals surface area (Å²) in [4.78, 5) is 4.53. The number of nitrogens with zero attached hydrogens (tertiary/aromatic N) is 2. The van der Waals surface area contributed by atoms with E-state index < -0.39 is 0 Å². The first-order valence-electron chi connectivity index (χ1n) is 6.14. The summed E-state index contributed by atoms with van der Waals surface area (Å²) in [7, 11) is 0. The largest absolute Gasteiger partial charge is 0.391 e. The van der Waals surface area contributed by atoms with Crippen molar-refractivity contribution in [3.8, 4) is 0 Å². The van der Waals surface area contributed by atoms with Crippen LogP contribution in [0, 0.1) is 0 Å². The zero-order valence-corrected chi connectivity index (χ0v) is 9.43. The minimum absolute atomic E-state index is 0.204. The van der Waals surface area contributed by atoms with E-state index in [-0.39, 0.29) is 6.10 Å². The standard InChI is InChI=1S/C12H18N2O2/c15-11-4-3-10-6-13-12(14(10)7-11)9-2-1-5-16-8-9/h6,9,11,15H,1-5,7-8H2. The lowest BCUT2D eigenvalue weighted by Gasteiger charge is -2.26. The molecule has 1 N–H and O–H groups in total. The molecule has 1 aromatic heterocycles. The molecule has 0 radical (unpaired) electrons. The number of aliphatic hydroxyl groups is 1. The molecule has 1 fully saturated rings. The van der Waals surface area contributed by atoms with Crippen LogP contribution >= 0.6 is 0 Å². The van der Waals surface area contributed by atoms with Gasteiger partial charge in [0.15, 0.2) is 0 Å². The molecule has 0 aliphatic carbocycles. The molecule has 2 atom stereocenters. The smallest absolute Gasteiger partial charge is 0.114 e. The minimum Gasteiger partial charge on any atom is -0.391 e. The van der Waals surface area contributed by atoms with Crippen LogP contribution in [0.5, 0.6) is 0 Å². The van der Waals surface area contributed by atoms with E-state index >= 15 is 0 Å². The lowest BCUT2D eigenvalue weighted by atomic mass is 10.0. The van der Waals surface area contributed by atoms with Gasteiger partial charge in [0.2, 0.25) is 0 Å². The Morgan fingerprint density at radius 2 is 2.38 bits per heavy atom. The second-order valence-corrected chi connectivity index (χ2v) is 4.82. The highest BCUT2D eigenvalue weighted by Gasteiger charge is 2.25. The predicted molar refractivity (Wildman–Crippen MR) is 59.3 cm³/mol. The molecule has 88 valence electrons. The summed E-state index contributed by atoms with van der Waals surface area (Å²) in [5, 5.41) is 9.72. The van der Waals surface area contributed by atoms with E-state index in [4.69, 9.17) is 4.74 Å². The Balaban J connectivity index is 1.86. The van der Waals surface area contributed by atoms with Crippen LogP contribution in [-0.2, 0) is 17.7 Å². The number of hydrogen-bond donors (Lipinski definition) is 1. The van der Waals surface area contributed by atoms with Gasteiger partial charge >= 0.3 is 0 Å². The van der Waals surface area contributed by atoms with Crippen molar-refractivity contribution in [2.75, 3.05) is 13.2 Å². The number of aliphatic hydroxyl groups excluding tert-OH is 1. The summed E-state index contributed by atoms with van der Waals surface area (Å²) in [6, 6.07) is 0. The van der Waals surface area contributed by atoms with Gasteiger partial charge in [-0.25, -0.2) is 4.98 Å². The molecule has 4 nitrogen and oxygen atoms in total. The fraction of sp³-hybridized carbons (Fsp3) is 0.750. The second kappa shape index (κ2) is 4.18. The number of imidazole rings is 1. The quantitative estimate of drug-likeness (QED) is 0.773. The van der Waals surface area contributed by atoms with Crippen molar-refractivity contribution < 1.29 is 9.84 Å². The summed E-state index contributed by atoms with van der Waals surface area (Å²) in [5.41, 5.74) is 1.27. The summed E-state index contributed by atoms with van der Waals surface area (Å²) < 4.78 is 7.71. The Bertz CT molecular complexity index is 369. The van der Waals surface area contributed by atoms with Gasteiger partial charge < -0.3 is 14.4 Å². The zero-order chi connectivity index (χ0) is 11.0. The molecular formula is C12H18N2O2. The molecule has 1 aromatic rings. The molecule has 0 saturated carbocycles. The Morgan fingerprint density at radius 1 is 1.44 bits per heavy atom. The average Bonchev–Trinajstić information content (AvgIpc) is 2.73. The topological polar surface area (TPSA) is 47.3 Å². The van der Waals surface area contributed by atoms with Gasteiger partial charge in [0, 0.05) is 24.4 Å². The van der Waals surface area contributed by atoms with Crippen LogP contribution in [0.25, 0.3) is 0 Å². The summed E-state index contributed by atoms with van der Waals surface area (Å²) >= 11 is 0. The minimum atomic E-state index is -0.204. The summed E-state index contributed by atoms with van der Waals surface area (Å²) in [6.45, 7) is 2.38. The number of rotatable bonds is 1. The number of ether oxygens (including phenoxy) is 1. The Kier molecular flexibility index (Phi) is 2.69. The van der Waals surface area contributed by atoms with Gasteiger partial charge in [-0.1, -0.05) is 0 Å². The molecule has 4 heteroatoms. The van der Waals surface area contributed by atoms with Gasteiger partial charge in [-0.3, -0.25) is 0 Å². The van der Waals surface area contributed by atoms with Crippen molar-refractivity contribution in [3.05, 3.63) is 17.7 Å². The van der Waals surface area contributed by atoms with E-state index in [0.29, 0.717) is 12.5 Å². The number of aromatic nitrogens is 2. The van der Waals surface area contributed by atoms with Crippen LogP contribution in [0.15, 0.2) is 6.20 Å². The molecule has 16 heavy (non-hydrogen) atoms. The third-order valence-electron chi connectivity index (χ3n) is 3.62. The predicted octanol–water partition coefficient (Wildman–Crippen LogP) is 1.08. The molecule has 2 aliphatic rings.